The van der Waals surface area contributed by atoms with Crippen LogP contribution in [0.1, 0.15) is 32.6 Å². The van der Waals surface area contributed by atoms with Crippen LogP contribution in [0, 0.1) is 5.92 Å². The Kier molecular flexibility index (Phi) is 5.05. The van der Waals surface area contributed by atoms with Crippen molar-refractivity contribution in [1.82, 2.24) is 5.32 Å². The van der Waals surface area contributed by atoms with E-state index in [1.165, 1.54) is 0 Å². The van der Waals surface area contributed by atoms with Crippen LogP contribution in [0.15, 0.2) is 0 Å². The van der Waals surface area contributed by atoms with E-state index in [0.717, 1.165) is 25.7 Å². The van der Waals surface area contributed by atoms with Crippen molar-refractivity contribution < 1.29 is 9.53 Å². The average Bonchev–Trinajstić information content (AvgIpc) is 2.26. The SMILES string of the molecule is COC(C)CNC(=O)C1CCCCC1N. The summed E-state index contributed by atoms with van der Waals surface area (Å²) in [6.45, 7) is 2.50. The maximum atomic E-state index is 11.8. The molecule has 0 aromatic rings. The van der Waals surface area contributed by atoms with E-state index >= 15 is 0 Å². The molecule has 0 radical (unpaired) electrons. The number of ether oxygens (including phenoxy) is 1. The first-order valence-corrected chi connectivity index (χ1v) is 5.71. The van der Waals surface area contributed by atoms with Crippen molar-refractivity contribution in [3.63, 3.8) is 0 Å². The second-order valence-corrected chi connectivity index (χ2v) is 4.35. The van der Waals surface area contributed by atoms with Crippen LogP contribution < -0.4 is 11.1 Å². The number of nitrogens with one attached hydrogen (secondary N) is 1. The van der Waals surface area contributed by atoms with Crippen molar-refractivity contribution in [1.29, 1.82) is 0 Å². The van der Waals surface area contributed by atoms with Crippen LogP contribution in [0.3, 0.4) is 0 Å². The van der Waals surface area contributed by atoms with Crippen LogP contribution in [0.5, 0.6) is 0 Å². The lowest BCUT2D eigenvalue weighted by molar-refractivity contribution is -0.126. The van der Waals surface area contributed by atoms with Crippen LogP contribution in [0.4, 0.5) is 0 Å². The van der Waals surface area contributed by atoms with Gasteiger partial charge in [-0.2, -0.15) is 0 Å². The molecule has 4 nitrogen and oxygen atoms in total. The molecule has 1 fully saturated rings. The molecule has 0 aromatic heterocycles. The van der Waals surface area contributed by atoms with Gasteiger partial charge < -0.3 is 15.8 Å². The van der Waals surface area contributed by atoms with Crippen molar-refractivity contribution in [3.05, 3.63) is 0 Å². The molecule has 0 heterocycles. The molecule has 3 N–H and O–H groups in total. The summed E-state index contributed by atoms with van der Waals surface area (Å²) in [7, 11) is 1.64. The van der Waals surface area contributed by atoms with Gasteiger partial charge in [-0.05, 0) is 19.8 Å². The molecule has 1 aliphatic carbocycles. The van der Waals surface area contributed by atoms with Gasteiger partial charge in [0.2, 0.25) is 5.91 Å². The fourth-order valence-corrected chi connectivity index (χ4v) is 1.94. The van der Waals surface area contributed by atoms with Gasteiger partial charge >= 0.3 is 0 Å². The zero-order valence-electron chi connectivity index (χ0n) is 9.66. The van der Waals surface area contributed by atoms with Crippen molar-refractivity contribution in [2.24, 2.45) is 11.7 Å². The predicted molar refractivity (Wildman–Crippen MR) is 59.4 cm³/mol. The Morgan fingerprint density at radius 2 is 2.20 bits per heavy atom. The standard InChI is InChI=1S/C11H22N2O2/c1-8(15-2)7-13-11(14)9-5-3-4-6-10(9)12/h8-10H,3-7,12H2,1-2H3,(H,13,14). The minimum Gasteiger partial charge on any atom is -0.380 e. The molecule has 3 unspecified atom stereocenters. The summed E-state index contributed by atoms with van der Waals surface area (Å²) in [5.41, 5.74) is 5.93. The van der Waals surface area contributed by atoms with E-state index in [-0.39, 0.29) is 24.0 Å². The molecule has 3 atom stereocenters. The molecule has 88 valence electrons. The molecule has 0 bridgehead atoms. The number of hydrogen-bond donors (Lipinski definition) is 2. The number of methoxy groups -OCH3 is 1. The Morgan fingerprint density at radius 3 is 2.80 bits per heavy atom. The van der Waals surface area contributed by atoms with E-state index in [0.29, 0.717) is 6.54 Å². The molecule has 0 aromatic carbocycles. The summed E-state index contributed by atoms with van der Waals surface area (Å²) in [6, 6.07) is 0.0385. The second-order valence-electron chi connectivity index (χ2n) is 4.35. The largest absolute Gasteiger partial charge is 0.380 e. The topological polar surface area (TPSA) is 64.3 Å². The zero-order valence-corrected chi connectivity index (χ0v) is 9.66. The minimum absolute atomic E-state index is 0.00260. The lowest BCUT2D eigenvalue weighted by Crippen LogP contribution is -2.45. The van der Waals surface area contributed by atoms with E-state index in [4.69, 9.17) is 10.5 Å². The number of amides is 1. The summed E-state index contributed by atoms with van der Waals surface area (Å²) in [4.78, 5) is 11.8. The monoisotopic (exact) mass is 214 g/mol. The maximum absolute atomic E-state index is 11.8. The highest BCUT2D eigenvalue weighted by Crippen LogP contribution is 2.22. The Morgan fingerprint density at radius 1 is 1.53 bits per heavy atom. The summed E-state index contributed by atoms with van der Waals surface area (Å²) >= 11 is 0. The van der Waals surface area contributed by atoms with Crippen molar-refractivity contribution in [2.45, 2.75) is 44.8 Å². The molecule has 1 rings (SSSR count). The first-order chi connectivity index (χ1) is 7.15. The highest BCUT2D eigenvalue weighted by Gasteiger charge is 2.27. The highest BCUT2D eigenvalue weighted by molar-refractivity contribution is 5.79. The number of hydrogen-bond acceptors (Lipinski definition) is 3. The van der Waals surface area contributed by atoms with Crippen LogP contribution >= 0.6 is 0 Å². The van der Waals surface area contributed by atoms with E-state index in [1.54, 1.807) is 7.11 Å². The predicted octanol–water partition coefficient (Wildman–Crippen LogP) is 0.655. The fraction of sp³-hybridized carbons (Fsp3) is 0.909. The maximum Gasteiger partial charge on any atom is 0.224 e. The molecule has 0 saturated heterocycles. The smallest absolute Gasteiger partial charge is 0.224 e. The van der Waals surface area contributed by atoms with Crippen molar-refractivity contribution >= 4 is 5.91 Å². The van der Waals surface area contributed by atoms with E-state index in [2.05, 4.69) is 5.32 Å². The average molecular weight is 214 g/mol. The molecule has 1 amide bonds. The number of nitrogens with two attached hydrogens (primary N) is 1. The van der Waals surface area contributed by atoms with Gasteiger partial charge in [0.05, 0.1) is 12.0 Å². The zero-order chi connectivity index (χ0) is 11.3. The number of carbonyl (C=O) groups excluding carboxylic acids is 1. The first-order valence-electron chi connectivity index (χ1n) is 5.71. The quantitative estimate of drug-likeness (QED) is 0.722. The Bertz CT molecular complexity index is 209. The lowest BCUT2D eigenvalue weighted by Gasteiger charge is -2.27. The molecule has 0 spiro atoms. The molecular weight excluding hydrogens is 192 g/mol. The third-order valence-corrected chi connectivity index (χ3v) is 3.12. The normalized spacial score (nSPS) is 28.5. The van der Waals surface area contributed by atoms with E-state index in [1.807, 2.05) is 6.92 Å². The van der Waals surface area contributed by atoms with Gasteiger partial charge in [0.25, 0.3) is 0 Å². The van der Waals surface area contributed by atoms with Gasteiger partial charge in [-0.15, -0.1) is 0 Å². The van der Waals surface area contributed by atoms with Crippen LogP contribution in [-0.2, 0) is 9.53 Å². The Hall–Kier alpha value is -0.610. The van der Waals surface area contributed by atoms with Crippen molar-refractivity contribution in [3.8, 4) is 0 Å². The highest BCUT2D eigenvalue weighted by atomic mass is 16.5. The molecule has 15 heavy (non-hydrogen) atoms. The Balaban J connectivity index is 2.32. The lowest BCUT2D eigenvalue weighted by atomic mass is 9.84. The molecule has 4 heteroatoms. The molecule has 1 saturated carbocycles. The van der Waals surface area contributed by atoms with E-state index in [9.17, 15) is 4.79 Å². The van der Waals surface area contributed by atoms with Gasteiger partial charge in [-0.1, -0.05) is 12.8 Å². The van der Waals surface area contributed by atoms with Crippen LogP contribution in [-0.4, -0.2) is 31.7 Å². The third kappa shape index (κ3) is 3.80. The second kappa shape index (κ2) is 6.08. The third-order valence-electron chi connectivity index (χ3n) is 3.12. The minimum atomic E-state index is 0.00260. The first kappa shape index (κ1) is 12.5. The summed E-state index contributed by atoms with van der Waals surface area (Å²) in [5, 5.41) is 2.89. The van der Waals surface area contributed by atoms with Crippen LogP contribution in [0.25, 0.3) is 0 Å². The Labute approximate surface area is 91.5 Å². The number of carbonyl (C=O) groups is 1. The summed E-state index contributed by atoms with van der Waals surface area (Å²) < 4.78 is 5.07. The fourth-order valence-electron chi connectivity index (χ4n) is 1.94. The van der Waals surface area contributed by atoms with Gasteiger partial charge in [0, 0.05) is 19.7 Å². The van der Waals surface area contributed by atoms with Gasteiger partial charge in [0.15, 0.2) is 0 Å². The molecule has 1 aliphatic rings. The van der Waals surface area contributed by atoms with Crippen LogP contribution in [0.2, 0.25) is 0 Å². The van der Waals surface area contributed by atoms with Gasteiger partial charge in [0.1, 0.15) is 0 Å². The summed E-state index contributed by atoms with van der Waals surface area (Å²) in [6.07, 6.45) is 4.23. The molecular formula is C11H22N2O2. The van der Waals surface area contributed by atoms with E-state index < -0.39 is 0 Å². The van der Waals surface area contributed by atoms with Crippen molar-refractivity contribution in [2.75, 3.05) is 13.7 Å². The summed E-state index contributed by atoms with van der Waals surface area (Å²) in [5.74, 6) is 0.0916. The van der Waals surface area contributed by atoms with Gasteiger partial charge in [-0.25, -0.2) is 0 Å². The number of rotatable bonds is 4. The molecule has 0 aliphatic heterocycles. The van der Waals surface area contributed by atoms with Gasteiger partial charge in [-0.3, -0.25) is 4.79 Å².